The molecule has 0 aromatic carbocycles. The molecule has 0 saturated heterocycles. The number of aromatic nitrogens is 2. The van der Waals surface area contributed by atoms with Crippen LogP contribution in [0.4, 0.5) is 5.82 Å². The zero-order chi connectivity index (χ0) is 18.4. The number of anilines is 1. The molecule has 0 radical (unpaired) electrons. The highest BCUT2D eigenvalue weighted by Crippen LogP contribution is 2.27. The molecule has 3 rings (SSSR count). The fourth-order valence-electron chi connectivity index (χ4n) is 3.03. The first-order chi connectivity index (χ1) is 12.7. The number of thioether (sulfide) groups is 1. The van der Waals surface area contributed by atoms with Crippen LogP contribution in [0.5, 0.6) is 0 Å². The summed E-state index contributed by atoms with van der Waals surface area (Å²) in [7, 11) is 0. The molecule has 0 fully saturated rings. The Balaban J connectivity index is 1.60. The summed E-state index contributed by atoms with van der Waals surface area (Å²) < 4.78 is 0. The van der Waals surface area contributed by atoms with Gasteiger partial charge < -0.3 is 5.32 Å². The normalized spacial score (nSPS) is 13.4. The molecule has 6 heteroatoms. The first-order valence-corrected chi connectivity index (χ1v) is 9.92. The lowest BCUT2D eigenvalue weighted by molar-refractivity contribution is -0.115. The van der Waals surface area contributed by atoms with Crippen molar-refractivity contribution in [1.29, 1.82) is 5.26 Å². The molecule has 1 aliphatic rings. The van der Waals surface area contributed by atoms with Crippen LogP contribution in [0, 0.1) is 18.3 Å². The van der Waals surface area contributed by atoms with Crippen molar-refractivity contribution in [2.24, 2.45) is 0 Å². The average Bonchev–Trinajstić information content (AvgIpc) is 2.85. The maximum atomic E-state index is 12.1. The summed E-state index contributed by atoms with van der Waals surface area (Å²) in [6, 6.07) is 7.98. The minimum absolute atomic E-state index is 0.0798. The summed E-state index contributed by atoms with van der Waals surface area (Å²) in [4.78, 5) is 21.0. The average molecular weight is 366 g/mol. The van der Waals surface area contributed by atoms with Crippen LogP contribution < -0.4 is 5.32 Å². The maximum Gasteiger partial charge on any atom is 0.226 e. The molecule has 1 amide bonds. The van der Waals surface area contributed by atoms with Gasteiger partial charge in [0.05, 0.1) is 5.56 Å². The van der Waals surface area contributed by atoms with Gasteiger partial charge in [0.2, 0.25) is 5.91 Å². The second-order valence-corrected chi connectivity index (χ2v) is 7.57. The van der Waals surface area contributed by atoms with Crippen molar-refractivity contribution >= 4 is 23.5 Å². The van der Waals surface area contributed by atoms with Crippen LogP contribution in [0.1, 0.15) is 48.1 Å². The van der Waals surface area contributed by atoms with Crippen molar-refractivity contribution < 1.29 is 4.79 Å². The van der Waals surface area contributed by atoms with Gasteiger partial charge in [-0.3, -0.25) is 4.79 Å². The van der Waals surface area contributed by atoms with Gasteiger partial charge in [0.1, 0.15) is 16.9 Å². The third-order valence-corrected chi connectivity index (χ3v) is 5.38. The van der Waals surface area contributed by atoms with Crippen LogP contribution >= 0.6 is 11.8 Å². The predicted octanol–water partition coefficient (Wildman–Crippen LogP) is 4.05. The van der Waals surface area contributed by atoms with Crippen molar-refractivity contribution in [3.05, 3.63) is 46.8 Å². The number of nitriles is 1. The summed E-state index contributed by atoms with van der Waals surface area (Å²) in [5.74, 6) is 1.07. The number of fused-ring (bicyclic) bond motifs is 1. The van der Waals surface area contributed by atoms with Crippen molar-refractivity contribution in [3.8, 4) is 6.07 Å². The van der Waals surface area contributed by atoms with Crippen LogP contribution in [0.15, 0.2) is 29.4 Å². The number of aryl methyl sites for hydroxylation is 3. The Bertz CT molecular complexity index is 844. The molecular formula is C20H22N4OS. The van der Waals surface area contributed by atoms with Gasteiger partial charge in [0, 0.05) is 24.1 Å². The van der Waals surface area contributed by atoms with E-state index in [0.717, 1.165) is 35.5 Å². The van der Waals surface area contributed by atoms with Gasteiger partial charge in [-0.2, -0.15) is 5.26 Å². The largest absolute Gasteiger partial charge is 0.311 e. The minimum atomic E-state index is -0.0798. The van der Waals surface area contributed by atoms with E-state index in [1.54, 1.807) is 6.20 Å². The lowest BCUT2D eigenvalue weighted by atomic mass is 10.1. The summed E-state index contributed by atoms with van der Waals surface area (Å²) in [6.07, 6.45) is 7.55. The van der Waals surface area contributed by atoms with E-state index in [2.05, 4.69) is 16.4 Å². The molecule has 2 heterocycles. The fourth-order valence-corrected chi connectivity index (χ4v) is 3.95. The number of carbonyl (C=O) groups excluding carboxylic acids is 1. The third kappa shape index (κ3) is 4.83. The molecular weight excluding hydrogens is 344 g/mol. The van der Waals surface area contributed by atoms with Crippen molar-refractivity contribution in [2.75, 3.05) is 11.1 Å². The lowest BCUT2D eigenvalue weighted by Gasteiger charge is -2.10. The maximum absolute atomic E-state index is 12.1. The van der Waals surface area contributed by atoms with E-state index in [1.807, 2.05) is 25.1 Å². The van der Waals surface area contributed by atoms with Crippen LogP contribution in [0.25, 0.3) is 0 Å². The topological polar surface area (TPSA) is 78.7 Å². The predicted molar refractivity (Wildman–Crippen MR) is 103 cm³/mol. The Labute approximate surface area is 158 Å². The molecule has 0 bridgehead atoms. The van der Waals surface area contributed by atoms with Gasteiger partial charge in [-0.15, -0.1) is 11.8 Å². The van der Waals surface area contributed by atoms with E-state index >= 15 is 0 Å². The minimum Gasteiger partial charge on any atom is -0.311 e. The van der Waals surface area contributed by atoms with Gasteiger partial charge in [-0.25, -0.2) is 9.97 Å². The summed E-state index contributed by atoms with van der Waals surface area (Å²) in [5, 5.41) is 13.0. The van der Waals surface area contributed by atoms with E-state index in [4.69, 9.17) is 4.98 Å². The number of amides is 1. The van der Waals surface area contributed by atoms with Crippen molar-refractivity contribution in [2.45, 2.75) is 50.5 Å². The van der Waals surface area contributed by atoms with E-state index in [1.165, 1.54) is 30.2 Å². The van der Waals surface area contributed by atoms with Gasteiger partial charge in [-0.05, 0) is 61.9 Å². The molecule has 0 saturated carbocycles. The van der Waals surface area contributed by atoms with E-state index in [9.17, 15) is 10.1 Å². The first kappa shape index (κ1) is 18.4. The molecule has 0 atom stereocenters. The first-order valence-electron chi connectivity index (χ1n) is 8.94. The smallest absolute Gasteiger partial charge is 0.226 e. The Hall–Kier alpha value is -2.39. The highest BCUT2D eigenvalue weighted by atomic mass is 32.2. The van der Waals surface area contributed by atoms with E-state index in [0.29, 0.717) is 23.6 Å². The van der Waals surface area contributed by atoms with Gasteiger partial charge in [0.15, 0.2) is 0 Å². The number of nitrogens with zero attached hydrogens (tertiary/aromatic N) is 3. The Morgan fingerprint density at radius 2 is 2.15 bits per heavy atom. The van der Waals surface area contributed by atoms with Gasteiger partial charge in [0.25, 0.3) is 0 Å². The molecule has 0 aliphatic heterocycles. The SMILES string of the molecule is Cc1ccnc(NC(=O)CCSc2nc3c(cc2C#N)CCCCC3)c1. The molecule has 1 N–H and O–H groups in total. The fraction of sp³-hybridized carbons (Fsp3) is 0.400. The molecule has 5 nitrogen and oxygen atoms in total. The Kier molecular flexibility index (Phi) is 6.24. The highest BCUT2D eigenvalue weighted by Gasteiger charge is 2.15. The number of carbonyl (C=O) groups is 1. The van der Waals surface area contributed by atoms with Gasteiger partial charge in [-0.1, -0.05) is 6.42 Å². The van der Waals surface area contributed by atoms with E-state index < -0.39 is 0 Å². The van der Waals surface area contributed by atoms with Crippen LogP contribution in [0.3, 0.4) is 0 Å². The van der Waals surface area contributed by atoms with Crippen molar-refractivity contribution in [1.82, 2.24) is 9.97 Å². The molecule has 134 valence electrons. The molecule has 2 aromatic heterocycles. The Morgan fingerprint density at radius 3 is 2.96 bits per heavy atom. The highest BCUT2D eigenvalue weighted by molar-refractivity contribution is 7.99. The molecule has 2 aromatic rings. The molecule has 0 unspecified atom stereocenters. The van der Waals surface area contributed by atoms with E-state index in [-0.39, 0.29) is 5.91 Å². The van der Waals surface area contributed by atoms with Crippen LogP contribution in [0.2, 0.25) is 0 Å². The standard InChI is InChI=1S/C20H22N4OS/c1-14-7-9-22-18(11-14)24-19(25)8-10-26-20-16(13-21)12-15-5-3-2-4-6-17(15)23-20/h7,9,11-12H,2-6,8,10H2,1H3,(H,22,24,25). The second-order valence-electron chi connectivity index (χ2n) is 6.48. The van der Waals surface area contributed by atoms with Crippen LogP contribution in [-0.4, -0.2) is 21.6 Å². The Morgan fingerprint density at radius 1 is 1.31 bits per heavy atom. The summed E-state index contributed by atoms with van der Waals surface area (Å²) in [5.41, 5.74) is 4.01. The number of pyridine rings is 2. The van der Waals surface area contributed by atoms with Crippen LogP contribution in [-0.2, 0) is 17.6 Å². The molecule has 0 spiro atoms. The lowest BCUT2D eigenvalue weighted by Crippen LogP contribution is -2.13. The number of hydrogen-bond donors (Lipinski definition) is 1. The summed E-state index contributed by atoms with van der Waals surface area (Å²) >= 11 is 1.48. The number of nitrogens with one attached hydrogen (secondary N) is 1. The van der Waals surface area contributed by atoms with Gasteiger partial charge >= 0.3 is 0 Å². The monoisotopic (exact) mass is 366 g/mol. The number of hydrogen-bond acceptors (Lipinski definition) is 5. The molecule has 26 heavy (non-hydrogen) atoms. The number of rotatable bonds is 5. The second kappa shape index (κ2) is 8.81. The molecule has 1 aliphatic carbocycles. The quantitative estimate of drug-likeness (QED) is 0.638. The van der Waals surface area contributed by atoms with Crippen molar-refractivity contribution in [3.63, 3.8) is 0 Å². The summed E-state index contributed by atoms with van der Waals surface area (Å²) in [6.45, 7) is 1.96. The zero-order valence-corrected chi connectivity index (χ0v) is 15.7. The zero-order valence-electron chi connectivity index (χ0n) is 14.9. The third-order valence-electron chi connectivity index (χ3n) is 4.39.